The highest BCUT2D eigenvalue weighted by Crippen LogP contribution is 2.20. The summed E-state index contributed by atoms with van der Waals surface area (Å²) in [5.41, 5.74) is 2.10. The first-order valence-electron chi connectivity index (χ1n) is 10.0. The maximum absolute atomic E-state index is 12.6. The zero-order valence-corrected chi connectivity index (χ0v) is 16.8. The lowest BCUT2D eigenvalue weighted by Crippen LogP contribution is -2.48. The number of nitro groups is 1. The number of amides is 1. The molecule has 3 rings (SSSR count). The number of carbonyl (C=O) groups excluding carboxylic acids is 1. The summed E-state index contributed by atoms with van der Waals surface area (Å²) in [7, 11) is 0. The molecule has 0 aliphatic carbocycles. The van der Waals surface area contributed by atoms with Crippen LogP contribution in [-0.2, 0) is 17.8 Å². The van der Waals surface area contributed by atoms with E-state index in [9.17, 15) is 14.9 Å². The van der Waals surface area contributed by atoms with Gasteiger partial charge in [-0.05, 0) is 30.5 Å². The highest BCUT2D eigenvalue weighted by Gasteiger charge is 2.21. The summed E-state index contributed by atoms with van der Waals surface area (Å²) in [6, 6.07) is 14.6. The lowest BCUT2D eigenvalue weighted by Gasteiger charge is -2.34. The highest BCUT2D eigenvalue weighted by molar-refractivity contribution is 5.76. The van der Waals surface area contributed by atoms with E-state index in [1.165, 1.54) is 6.07 Å². The summed E-state index contributed by atoms with van der Waals surface area (Å²) in [5, 5.41) is 10.9. The van der Waals surface area contributed by atoms with Gasteiger partial charge in [0.1, 0.15) is 5.75 Å². The van der Waals surface area contributed by atoms with Crippen molar-refractivity contribution in [2.24, 2.45) is 0 Å². The van der Waals surface area contributed by atoms with Crippen molar-refractivity contribution in [2.45, 2.75) is 26.3 Å². The van der Waals surface area contributed by atoms with Gasteiger partial charge in [0.2, 0.25) is 5.91 Å². The number of hydrogen-bond acceptors (Lipinski definition) is 5. The van der Waals surface area contributed by atoms with Crippen molar-refractivity contribution in [3.8, 4) is 5.75 Å². The number of benzene rings is 2. The van der Waals surface area contributed by atoms with Crippen LogP contribution in [0, 0.1) is 10.1 Å². The van der Waals surface area contributed by atoms with E-state index in [1.807, 2.05) is 42.2 Å². The van der Waals surface area contributed by atoms with E-state index in [0.717, 1.165) is 30.0 Å². The van der Waals surface area contributed by atoms with E-state index in [0.29, 0.717) is 39.1 Å². The average molecular weight is 397 g/mol. The first kappa shape index (κ1) is 20.8. The maximum atomic E-state index is 12.6. The van der Waals surface area contributed by atoms with Gasteiger partial charge in [-0.3, -0.25) is 19.8 Å². The van der Waals surface area contributed by atoms with Gasteiger partial charge in [0.25, 0.3) is 5.69 Å². The monoisotopic (exact) mass is 397 g/mol. The zero-order valence-electron chi connectivity index (χ0n) is 16.8. The number of non-ortho nitro benzene ring substituents is 1. The molecule has 0 bridgehead atoms. The van der Waals surface area contributed by atoms with Crippen molar-refractivity contribution < 1.29 is 14.5 Å². The average Bonchev–Trinajstić information content (AvgIpc) is 2.74. The molecule has 1 aliphatic rings. The predicted octanol–water partition coefficient (Wildman–Crippen LogP) is 3.27. The molecule has 29 heavy (non-hydrogen) atoms. The minimum absolute atomic E-state index is 0.114. The van der Waals surface area contributed by atoms with E-state index in [2.05, 4.69) is 4.90 Å². The van der Waals surface area contributed by atoms with E-state index in [-0.39, 0.29) is 16.5 Å². The molecule has 7 nitrogen and oxygen atoms in total. The molecule has 0 aromatic heterocycles. The summed E-state index contributed by atoms with van der Waals surface area (Å²) in [6.45, 7) is 6.12. The predicted molar refractivity (Wildman–Crippen MR) is 111 cm³/mol. The molecule has 0 radical (unpaired) electrons. The highest BCUT2D eigenvalue weighted by atomic mass is 16.6. The van der Waals surface area contributed by atoms with E-state index >= 15 is 0 Å². The van der Waals surface area contributed by atoms with Crippen molar-refractivity contribution in [3.63, 3.8) is 0 Å². The molecule has 1 aliphatic heterocycles. The van der Waals surface area contributed by atoms with Gasteiger partial charge in [-0.25, -0.2) is 0 Å². The van der Waals surface area contributed by atoms with Crippen LogP contribution >= 0.6 is 0 Å². The Morgan fingerprint density at radius 2 is 1.86 bits per heavy atom. The molecule has 154 valence electrons. The van der Waals surface area contributed by atoms with Crippen molar-refractivity contribution in [1.29, 1.82) is 0 Å². The van der Waals surface area contributed by atoms with Crippen molar-refractivity contribution >= 4 is 11.6 Å². The molecule has 1 fully saturated rings. The lowest BCUT2D eigenvalue weighted by atomic mass is 10.1. The summed E-state index contributed by atoms with van der Waals surface area (Å²) >= 11 is 0. The first-order valence-corrected chi connectivity index (χ1v) is 10.0. The van der Waals surface area contributed by atoms with Gasteiger partial charge in [-0.1, -0.05) is 30.3 Å². The largest absolute Gasteiger partial charge is 0.494 e. The second-order valence-electron chi connectivity index (χ2n) is 7.12. The lowest BCUT2D eigenvalue weighted by molar-refractivity contribution is -0.384. The van der Waals surface area contributed by atoms with Crippen molar-refractivity contribution in [2.75, 3.05) is 32.8 Å². The van der Waals surface area contributed by atoms with Gasteiger partial charge in [-0.15, -0.1) is 0 Å². The van der Waals surface area contributed by atoms with Crippen LogP contribution in [-0.4, -0.2) is 53.4 Å². The van der Waals surface area contributed by atoms with Crippen LogP contribution in [0.3, 0.4) is 0 Å². The number of rotatable bonds is 8. The van der Waals surface area contributed by atoms with Gasteiger partial charge in [0.15, 0.2) is 0 Å². The van der Waals surface area contributed by atoms with Crippen LogP contribution in [0.15, 0.2) is 48.5 Å². The standard InChI is InChI=1S/C22H27N3O4/c1-2-29-21-9-4-3-7-19(21)10-11-22(26)24-14-12-23(13-15-24)17-18-6-5-8-20(16-18)25(27)28/h3-9,16H,2,10-15,17H2,1H3. The van der Waals surface area contributed by atoms with Gasteiger partial charge < -0.3 is 9.64 Å². The quantitative estimate of drug-likeness (QED) is 0.505. The Morgan fingerprint density at radius 3 is 2.59 bits per heavy atom. The van der Waals surface area contributed by atoms with Crippen LogP contribution in [0.1, 0.15) is 24.5 Å². The van der Waals surface area contributed by atoms with Gasteiger partial charge in [-0.2, -0.15) is 0 Å². The Morgan fingerprint density at radius 1 is 1.10 bits per heavy atom. The van der Waals surface area contributed by atoms with Crippen LogP contribution in [0.25, 0.3) is 0 Å². The Kier molecular flexibility index (Phi) is 7.19. The number of carbonyl (C=O) groups is 1. The summed E-state index contributed by atoms with van der Waals surface area (Å²) < 4.78 is 5.63. The molecule has 1 amide bonds. The van der Waals surface area contributed by atoms with Crippen molar-refractivity contribution in [3.05, 3.63) is 69.8 Å². The molecule has 0 spiro atoms. The van der Waals surface area contributed by atoms with E-state index in [4.69, 9.17) is 4.74 Å². The molecule has 7 heteroatoms. The second-order valence-corrected chi connectivity index (χ2v) is 7.12. The molecule has 2 aromatic carbocycles. The minimum atomic E-state index is -0.371. The third kappa shape index (κ3) is 5.77. The molecule has 0 N–H and O–H groups in total. The molecular formula is C22H27N3O4. The number of nitro benzene ring substituents is 1. The molecule has 1 heterocycles. The number of aryl methyl sites for hydroxylation is 1. The fourth-order valence-corrected chi connectivity index (χ4v) is 3.59. The van der Waals surface area contributed by atoms with Gasteiger partial charge >= 0.3 is 0 Å². The maximum Gasteiger partial charge on any atom is 0.269 e. The van der Waals surface area contributed by atoms with Crippen LogP contribution in [0.4, 0.5) is 5.69 Å². The molecule has 0 unspecified atom stereocenters. The minimum Gasteiger partial charge on any atom is -0.494 e. The normalized spacial score (nSPS) is 14.6. The third-order valence-electron chi connectivity index (χ3n) is 5.13. The second kappa shape index (κ2) is 10.0. The molecule has 0 atom stereocenters. The fraction of sp³-hybridized carbons (Fsp3) is 0.409. The van der Waals surface area contributed by atoms with Crippen LogP contribution in [0.5, 0.6) is 5.75 Å². The van der Waals surface area contributed by atoms with E-state index < -0.39 is 0 Å². The first-order chi connectivity index (χ1) is 14.1. The molecule has 0 saturated carbocycles. The SMILES string of the molecule is CCOc1ccccc1CCC(=O)N1CCN(Cc2cccc([N+](=O)[O-])c2)CC1. The number of piperazine rings is 1. The van der Waals surface area contributed by atoms with Crippen molar-refractivity contribution in [1.82, 2.24) is 9.80 Å². The fourth-order valence-electron chi connectivity index (χ4n) is 3.59. The van der Waals surface area contributed by atoms with E-state index in [1.54, 1.807) is 12.1 Å². The zero-order chi connectivity index (χ0) is 20.6. The molecular weight excluding hydrogens is 370 g/mol. The number of nitrogens with zero attached hydrogens (tertiary/aromatic N) is 3. The van der Waals surface area contributed by atoms with Gasteiger partial charge in [0, 0.05) is 51.3 Å². The summed E-state index contributed by atoms with van der Waals surface area (Å²) in [5.74, 6) is 1.01. The summed E-state index contributed by atoms with van der Waals surface area (Å²) in [6.07, 6.45) is 1.14. The summed E-state index contributed by atoms with van der Waals surface area (Å²) in [4.78, 5) is 27.3. The Bertz CT molecular complexity index is 847. The number of para-hydroxylation sites is 1. The number of ether oxygens (including phenoxy) is 1. The van der Waals surface area contributed by atoms with Crippen LogP contribution in [0.2, 0.25) is 0 Å². The Balaban J connectivity index is 1.47. The Labute approximate surface area is 171 Å². The smallest absolute Gasteiger partial charge is 0.269 e. The molecule has 2 aromatic rings. The molecule has 1 saturated heterocycles. The van der Waals surface area contributed by atoms with Gasteiger partial charge in [0.05, 0.1) is 11.5 Å². The number of hydrogen-bond donors (Lipinski definition) is 0. The topological polar surface area (TPSA) is 75.9 Å². The Hall–Kier alpha value is -2.93. The third-order valence-corrected chi connectivity index (χ3v) is 5.13. The van der Waals surface area contributed by atoms with Crippen LogP contribution < -0.4 is 4.74 Å².